The number of likely N-dealkylation sites (tertiary alicyclic amines) is 1. The molecule has 0 atom stereocenters. The zero-order chi connectivity index (χ0) is 22.0. The van der Waals surface area contributed by atoms with E-state index in [9.17, 15) is 14.4 Å². The number of carbonyl (C=O) groups is 3. The van der Waals surface area contributed by atoms with E-state index in [1.807, 2.05) is 11.9 Å². The van der Waals surface area contributed by atoms with Crippen LogP contribution in [-0.4, -0.2) is 66.8 Å². The van der Waals surface area contributed by atoms with E-state index in [1.54, 1.807) is 29.2 Å². The van der Waals surface area contributed by atoms with E-state index in [1.165, 1.54) is 13.2 Å². The predicted molar refractivity (Wildman–Crippen MR) is 112 cm³/mol. The molecule has 0 aliphatic carbocycles. The number of likely N-dealkylation sites (N-methyl/N-ethyl adjacent to an activating group) is 1. The molecule has 0 unspecified atom stereocenters. The van der Waals surface area contributed by atoms with Gasteiger partial charge in [-0.3, -0.25) is 19.3 Å². The van der Waals surface area contributed by atoms with E-state index in [0.29, 0.717) is 41.5 Å². The maximum absolute atomic E-state index is 12.8. The Morgan fingerprint density at radius 3 is 2.48 bits per heavy atom. The van der Waals surface area contributed by atoms with E-state index in [0.717, 1.165) is 12.8 Å². The topological polar surface area (TPSA) is 89.3 Å². The van der Waals surface area contributed by atoms with Crippen molar-refractivity contribution in [1.29, 1.82) is 0 Å². The molecule has 1 amide bonds. The molecule has 0 N–H and O–H groups in total. The Kier molecular flexibility index (Phi) is 6.08. The van der Waals surface area contributed by atoms with E-state index in [2.05, 4.69) is 0 Å². The van der Waals surface area contributed by atoms with Crippen LogP contribution in [0.3, 0.4) is 0 Å². The van der Waals surface area contributed by atoms with Crippen LogP contribution >= 0.6 is 0 Å². The fourth-order valence-corrected chi connectivity index (χ4v) is 4.20. The molecule has 8 heteroatoms. The summed E-state index contributed by atoms with van der Waals surface area (Å²) < 4.78 is 15.9. The monoisotopic (exact) mass is 426 g/mol. The number of Topliss-reactive ketones (excluding diaryl/α,β-unsaturated/α-hetero) is 2. The number of carbonyl (C=O) groups excluding carboxylic acids is 3. The summed E-state index contributed by atoms with van der Waals surface area (Å²) >= 11 is 0. The van der Waals surface area contributed by atoms with E-state index < -0.39 is 0 Å². The first kappa shape index (κ1) is 21.1. The fraction of sp³-hybridized carbons (Fsp3) is 0.435. The van der Waals surface area contributed by atoms with Gasteiger partial charge in [0.15, 0.2) is 28.8 Å². The van der Waals surface area contributed by atoms with E-state index in [4.69, 9.17) is 13.9 Å². The molecule has 0 radical (unpaired) electrons. The van der Waals surface area contributed by atoms with Gasteiger partial charge < -0.3 is 18.8 Å². The van der Waals surface area contributed by atoms with Crippen LogP contribution in [0.2, 0.25) is 0 Å². The molecule has 2 aliphatic heterocycles. The average Bonchev–Trinajstić information content (AvgIpc) is 3.44. The van der Waals surface area contributed by atoms with Crippen molar-refractivity contribution >= 4 is 17.5 Å². The molecule has 1 fully saturated rings. The number of hydrogen-bond donors (Lipinski definition) is 0. The van der Waals surface area contributed by atoms with Gasteiger partial charge in [0, 0.05) is 31.1 Å². The number of piperidine rings is 1. The van der Waals surface area contributed by atoms with Crippen molar-refractivity contribution in [3.05, 3.63) is 47.4 Å². The Bertz CT molecular complexity index is 976. The lowest BCUT2D eigenvalue weighted by molar-refractivity contribution is -0.120. The number of fused-ring (bicyclic) bond motifs is 1. The third-order valence-corrected chi connectivity index (χ3v) is 5.90. The van der Waals surface area contributed by atoms with Gasteiger partial charge in [0.25, 0.3) is 5.91 Å². The summed E-state index contributed by atoms with van der Waals surface area (Å²) in [6, 6.07) is 6.98. The Balaban J connectivity index is 1.32. The van der Waals surface area contributed by atoms with Gasteiger partial charge in [-0.2, -0.15) is 0 Å². The van der Waals surface area contributed by atoms with Crippen molar-refractivity contribution < 1.29 is 28.3 Å². The number of rotatable bonds is 7. The SMILES string of the molecule is CC(=O)c1cc2c(cc1CC(=O)CN(C)C1CCN(C(=O)c3ccco3)CC1)OCO2. The summed E-state index contributed by atoms with van der Waals surface area (Å²) in [6.45, 7) is 3.13. The largest absolute Gasteiger partial charge is 0.459 e. The zero-order valence-electron chi connectivity index (χ0n) is 17.8. The van der Waals surface area contributed by atoms with E-state index >= 15 is 0 Å². The van der Waals surface area contributed by atoms with Crippen molar-refractivity contribution in [2.75, 3.05) is 33.5 Å². The van der Waals surface area contributed by atoms with Crippen molar-refractivity contribution in [1.82, 2.24) is 9.80 Å². The summed E-state index contributed by atoms with van der Waals surface area (Å²) in [5, 5.41) is 0. The van der Waals surface area contributed by atoms with Crippen LogP contribution in [0.25, 0.3) is 0 Å². The summed E-state index contributed by atoms with van der Waals surface area (Å²) in [7, 11) is 1.93. The Morgan fingerprint density at radius 2 is 1.84 bits per heavy atom. The standard InChI is InChI=1S/C23H26N2O6/c1-15(26)19-12-22-21(30-14-31-22)11-16(19)10-18(27)13-24(2)17-5-7-25(8-6-17)23(28)20-4-3-9-29-20/h3-4,9,11-12,17H,5-8,10,13-14H2,1-2H3. The number of nitrogens with zero attached hydrogens (tertiary/aromatic N) is 2. The van der Waals surface area contributed by atoms with Gasteiger partial charge in [0.2, 0.25) is 6.79 Å². The minimum atomic E-state index is -0.108. The number of benzene rings is 1. The number of ether oxygens (including phenoxy) is 2. The summed E-state index contributed by atoms with van der Waals surface area (Å²) in [4.78, 5) is 41.0. The van der Waals surface area contributed by atoms with Crippen molar-refractivity contribution in [2.45, 2.75) is 32.2 Å². The van der Waals surface area contributed by atoms with Crippen molar-refractivity contribution in [2.24, 2.45) is 0 Å². The molecule has 164 valence electrons. The van der Waals surface area contributed by atoms with Gasteiger partial charge in [-0.25, -0.2) is 0 Å². The molecular weight excluding hydrogens is 400 g/mol. The van der Waals surface area contributed by atoms with Crippen LogP contribution in [-0.2, 0) is 11.2 Å². The second kappa shape index (κ2) is 8.93. The average molecular weight is 426 g/mol. The molecule has 2 aromatic rings. The summed E-state index contributed by atoms with van der Waals surface area (Å²) in [5.41, 5.74) is 1.15. The van der Waals surface area contributed by atoms with Gasteiger partial charge in [-0.05, 0) is 56.6 Å². The molecule has 0 saturated carbocycles. The Labute approximate surface area is 180 Å². The molecule has 4 rings (SSSR count). The van der Waals surface area contributed by atoms with Gasteiger partial charge in [0.1, 0.15) is 0 Å². The Hall–Kier alpha value is -3.13. The fourth-order valence-electron chi connectivity index (χ4n) is 4.20. The lowest BCUT2D eigenvalue weighted by Gasteiger charge is -2.36. The van der Waals surface area contributed by atoms with Crippen molar-refractivity contribution in [3.8, 4) is 11.5 Å². The number of hydrogen-bond acceptors (Lipinski definition) is 7. The van der Waals surface area contributed by atoms with Crippen LogP contribution in [0.4, 0.5) is 0 Å². The summed E-state index contributed by atoms with van der Waals surface area (Å²) in [5.74, 6) is 1.28. The van der Waals surface area contributed by atoms with Crippen LogP contribution in [0.1, 0.15) is 46.2 Å². The van der Waals surface area contributed by atoms with E-state index in [-0.39, 0.29) is 43.3 Å². The normalized spacial score (nSPS) is 16.0. The number of amides is 1. The first-order chi connectivity index (χ1) is 14.9. The highest BCUT2D eigenvalue weighted by atomic mass is 16.7. The predicted octanol–water partition coefficient (Wildman–Crippen LogP) is 2.56. The molecule has 3 heterocycles. The molecular formula is C23H26N2O6. The number of ketones is 2. The molecule has 31 heavy (non-hydrogen) atoms. The third-order valence-electron chi connectivity index (χ3n) is 5.90. The molecule has 1 aromatic carbocycles. The third kappa shape index (κ3) is 4.64. The number of furan rings is 1. The highest BCUT2D eigenvalue weighted by Crippen LogP contribution is 2.35. The molecule has 1 saturated heterocycles. The highest BCUT2D eigenvalue weighted by Gasteiger charge is 2.28. The second-order valence-electron chi connectivity index (χ2n) is 8.05. The van der Waals surface area contributed by atoms with Gasteiger partial charge in [-0.1, -0.05) is 0 Å². The minimum Gasteiger partial charge on any atom is -0.459 e. The lowest BCUT2D eigenvalue weighted by Crippen LogP contribution is -2.46. The van der Waals surface area contributed by atoms with Crippen LogP contribution in [0.15, 0.2) is 34.9 Å². The van der Waals surface area contributed by atoms with Crippen LogP contribution in [0, 0.1) is 0 Å². The molecule has 1 aromatic heterocycles. The van der Waals surface area contributed by atoms with Crippen molar-refractivity contribution in [3.63, 3.8) is 0 Å². The maximum Gasteiger partial charge on any atom is 0.289 e. The molecule has 0 bridgehead atoms. The first-order valence-electron chi connectivity index (χ1n) is 10.4. The smallest absolute Gasteiger partial charge is 0.289 e. The van der Waals surface area contributed by atoms with Crippen LogP contribution in [0.5, 0.6) is 11.5 Å². The minimum absolute atomic E-state index is 0.0259. The van der Waals surface area contributed by atoms with Crippen LogP contribution < -0.4 is 9.47 Å². The van der Waals surface area contributed by atoms with Gasteiger partial charge >= 0.3 is 0 Å². The summed E-state index contributed by atoms with van der Waals surface area (Å²) in [6.07, 6.45) is 3.24. The first-order valence-corrected chi connectivity index (χ1v) is 10.4. The van der Waals surface area contributed by atoms with Gasteiger partial charge in [-0.15, -0.1) is 0 Å². The molecule has 2 aliphatic rings. The molecule has 0 spiro atoms. The highest BCUT2D eigenvalue weighted by molar-refractivity contribution is 5.98. The molecule has 8 nitrogen and oxygen atoms in total. The quantitative estimate of drug-likeness (QED) is 0.629. The zero-order valence-corrected chi connectivity index (χ0v) is 17.8. The maximum atomic E-state index is 12.8. The second-order valence-corrected chi connectivity index (χ2v) is 8.05. The Morgan fingerprint density at radius 1 is 1.13 bits per heavy atom. The lowest BCUT2D eigenvalue weighted by atomic mass is 9.98. The van der Waals surface area contributed by atoms with Gasteiger partial charge in [0.05, 0.1) is 12.8 Å².